The second-order valence-electron chi connectivity index (χ2n) is 8.26. The Morgan fingerprint density at radius 2 is 1.97 bits per heavy atom. The molecule has 0 radical (unpaired) electrons. The average Bonchev–Trinajstić information content (AvgIpc) is 3.16. The molecule has 4 rings (SSSR count). The van der Waals surface area contributed by atoms with Crippen LogP contribution < -0.4 is 4.90 Å². The molecule has 1 aliphatic heterocycles. The summed E-state index contributed by atoms with van der Waals surface area (Å²) in [5, 5.41) is 0.757. The highest BCUT2D eigenvalue weighted by Crippen LogP contribution is 2.36. The van der Waals surface area contributed by atoms with Crippen LogP contribution in [0.3, 0.4) is 0 Å². The number of halogens is 3. The van der Waals surface area contributed by atoms with Crippen LogP contribution in [-0.4, -0.2) is 48.1 Å². The number of thiazole rings is 1. The van der Waals surface area contributed by atoms with Crippen molar-refractivity contribution in [1.82, 2.24) is 9.88 Å². The lowest BCUT2D eigenvalue weighted by Crippen LogP contribution is -2.51. The Morgan fingerprint density at radius 1 is 1.18 bits per heavy atom. The van der Waals surface area contributed by atoms with Crippen molar-refractivity contribution < 1.29 is 22.7 Å². The van der Waals surface area contributed by atoms with Gasteiger partial charge in [-0.2, -0.15) is 13.2 Å². The summed E-state index contributed by atoms with van der Waals surface area (Å²) in [5.41, 5.74) is 2.02. The molecular weight excluding hydrogens is 451 g/mol. The largest absolute Gasteiger partial charge is 0.466 e. The molecule has 2 aromatic carbocycles. The Balaban J connectivity index is 1.40. The molecule has 176 valence electrons. The zero-order chi connectivity index (χ0) is 23.6. The van der Waals surface area contributed by atoms with Crippen molar-refractivity contribution in [2.75, 3.05) is 31.1 Å². The molecular formula is C24H26F3N3O2S. The molecule has 0 unspecified atom stereocenters. The number of hydrogen-bond acceptors (Lipinski definition) is 6. The van der Waals surface area contributed by atoms with E-state index in [1.807, 2.05) is 18.2 Å². The first kappa shape index (κ1) is 23.5. The maximum Gasteiger partial charge on any atom is 0.416 e. The standard InChI is InChI=1S/C24H26F3N3O2S/c1-3-32-22(31)12-17-5-4-6-18(11-17)15-29-9-10-30(16(2)14-29)23-28-20-8-7-19(24(25,26)27)13-21(20)33-23/h4-8,11,13,16H,3,9-10,12,14-15H2,1-2H3/t16-/m0/s1. The maximum absolute atomic E-state index is 13.0. The minimum Gasteiger partial charge on any atom is -0.466 e. The summed E-state index contributed by atoms with van der Waals surface area (Å²) >= 11 is 1.31. The first-order chi connectivity index (χ1) is 15.7. The number of rotatable bonds is 6. The summed E-state index contributed by atoms with van der Waals surface area (Å²) in [5.74, 6) is -0.227. The average molecular weight is 478 g/mol. The number of benzene rings is 2. The maximum atomic E-state index is 13.0. The number of esters is 1. The molecule has 1 saturated heterocycles. The highest BCUT2D eigenvalue weighted by molar-refractivity contribution is 7.22. The fourth-order valence-corrected chi connectivity index (χ4v) is 5.28. The van der Waals surface area contributed by atoms with Crippen LogP contribution >= 0.6 is 11.3 Å². The lowest BCUT2D eigenvalue weighted by atomic mass is 10.1. The predicted octanol–water partition coefficient (Wildman–Crippen LogP) is 5.13. The summed E-state index contributed by atoms with van der Waals surface area (Å²) in [6, 6.07) is 11.9. The zero-order valence-electron chi connectivity index (χ0n) is 18.6. The Labute approximate surface area is 194 Å². The molecule has 2 heterocycles. The fourth-order valence-electron chi connectivity index (χ4n) is 4.15. The highest BCUT2D eigenvalue weighted by atomic mass is 32.1. The van der Waals surface area contributed by atoms with Crippen LogP contribution in [0.2, 0.25) is 0 Å². The second kappa shape index (κ2) is 9.69. The van der Waals surface area contributed by atoms with E-state index in [1.54, 1.807) is 6.92 Å². The van der Waals surface area contributed by atoms with Crippen molar-refractivity contribution in [3.63, 3.8) is 0 Å². The van der Waals surface area contributed by atoms with E-state index in [9.17, 15) is 18.0 Å². The van der Waals surface area contributed by atoms with Gasteiger partial charge < -0.3 is 9.64 Å². The molecule has 1 aromatic heterocycles. The van der Waals surface area contributed by atoms with Gasteiger partial charge in [0, 0.05) is 32.2 Å². The second-order valence-corrected chi connectivity index (χ2v) is 9.27. The first-order valence-electron chi connectivity index (χ1n) is 10.9. The van der Waals surface area contributed by atoms with E-state index in [0.29, 0.717) is 16.8 Å². The molecule has 0 spiro atoms. The van der Waals surface area contributed by atoms with E-state index >= 15 is 0 Å². The molecule has 1 atom stereocenters. The van der Waals surface area contributed by atoms with Crippen LogP contribution in [0.25, 0.3) is 10.2 Å². The third kappa shape index (κ3) is 5.65. The van der Waals surface area contributed by atoms with Crippen molar-refractivity contribution in [2.45, 2.75) is 39.0 Å². The van der Waals surface area contributed by atoms with Gasteiger partial charge in [-0.25, -0.2) is 4.98 Å². The van der Waals surface area contributed by atoms with Crippen molar-refractivity contribution in [3.8, 4) is 0 Å². The molecule has 1 fully saturated rings. The normalized spacial score (nSPS) is 17.5. The summed E-state index contributed by atoms with van der Waals surface area (Å²) < 4.78 is 44.7. The van der Waals surface area contributed by atoms with Crippen molar-refractivity contribution in [1.29, 1.82) is 0 Å². The number of ether oxygens (including phenoxy) is 1. The van der Waals surface area contributed by atoms with Gasteiger partial charge in [0.15, 0.2) is 5.13 Å². The third-order valence-corrected chi connectivity index (χ3v) is 6.77. The van der Waals surface area contributed by atoms with Gasteiger partial charge in [-0.15, -0.1) is 0 Å². The Morgan fingerprint density at radius 3 is 2.70 bits per heavy atom. The molecule has 5 nitrogen and oxygen atoms in total. The van der Waals surface area contributed by atoms with E-state index in [1.165, 1.54) is 23.5 Å². The van der Waals surface area contributed by atoms with Crippen molar-refractivity contribution in [3.05, 3.63) is 59.2 Å². The minimum atomic E-state index is -4.36. The third-order valence-electron chi connectivity index (χ3n) is 5.71. The quantitative estimate of drug-likeness (QED) is 0.461. The van der Waals surface area contributed by atoms with Crippen LogP contribution in [0.1, 0.15) is 30.5 Å². The van der Waals surface area contributed by atoms with Gasteiger partial charge in [0.1, 0.15) is 0 Å². The van der Waals surface area contributed by atoms with E-state index in [2.05, 4.69) is 27.8 Å². The number of hydrogen-bond donors (Lipinski definition) is 0. The SMILES string of the molecule is CCOC(=O)Cc1cccc(CN2CCN(c3nc4ccc(C(F)(F)F)cc4s3)[C@@H](C)C2)c1. The molecule has 1 aliphatic rings. The number of aromatic nitrogens is 1. The molecule has 0 bridgehead atoms. The minimum absolute atomic E-state index is 0.170. The number of fused-ring (bicyclic) bond motifs is 1. The Hall–Kier alpha value is -2.65. The van der Waals surface area contributed by atoms with Crippen LogP contribution in [-0.2, 0) is 28.7 Å². The van der Waals surface area contributed by atoms with E-state index in [4.69, 9.17) is 4.74 Å². The Bertz CT molecular complexity index is 1130. The number of alkyl halides is 3. The number of anilines is 1. The molecule has 0 aliphatic carbocycles. The van der Waals surface area contributed by atoms with Gasteiger partial charge in [-0.05, 0) is 43.2 Å². The molecule has 33 heavy (non-hydrogen) atoms. The summed E-state index contributed by atoms with van der Waals surface area (Å²) in [4.78, 5) is 20.9. The monoisotopic (exact) mass is 477 g/mol. The van der Waals surface area contributed by atoms with E-state index in [-0.39, 0.29) is 18.4 Å². The highest BCUT2D eigenvalue weighted by Gasteiger charge is 2.31. The van der Waals surface area contributed by atoms with Gasteiger partial charge in [-0.3, -0.25) is 9.69 Å². The topological polar surface area (TPSA) is 45.7 Å². The van der Waals surface area contributed by atoms with Gasteiger partial charge in [0.05, 0.1) is 28.8 Å². The Kier molecular flexibility index (Phi) is 6.90. The lowest BCUT2D eigenvalue weighted by Gasteiger charge is -2.39. The fraction of sp³-hybridized carbons (Fsp3) is 0.417. The van der Waals surface area contributed by atoms with E-state index < -0.39 is 11.7 Å². The molecule has 3 aromatic rings. The lowest BCUT2D eigenvalue weighted by molar-refractivity contribution is -0.142. The predicted molar refractivity (Wildman–Crippen MR) is 123 cm³/mol. The van der Waals surface area contributed by atoms with Gasteiger partial charge in [0.25, 0.3) is 0 Å². The van der Waals surface area contributed by atoms with Crippen LogP contribution in [0.15, 0.2) is 42.5 Å². The van der Waals surface area contributed by atoms with Crippen molar-refractivity contribution >= 4 is 32.7 Å². The summed E-state index contributed by atoms with van der Waals surface area (Å²) in [7, 11) is 0. The first-order valence-corrected chi connectivity index (χ1v) is 11.7. The van der Waals surface area contributed by atoms with Crippen LogP contribution in [0.4, 0.5) is 18.3 Å². The van der Waals surface area contributed by atoms with Crippen molar-refractivity contribution in [2.24, 2.45) is 0 Å². The van der Waals surface area contributed by atoms with Crippen LogP contribution in [0.5, 0.6) is 0 Å². The molecule has 0 saturated carbocycles. The van der Waals surface area contributed by atoms with Crippen LogP contribution in [0, 0.1) is 0 Å². The summed E-state index contributed by atoms with van der Waals surface area (Å²) in [6.07, 6.45) is -4.09. The number of nitrogens with zero attached hydrogens (tertiary/aromatic N) is 3. The molecule has 0 amide bonds. The van der Waals surface area contributed by atoms with Gasteiger partial charge in [-0.1, -0.05) is 35.6 Å². The number of piperazine rings is 1. The van der Waals surface area contributed by atoms with Gasteiger partial charge >= 0.3 is 12.1 Å². The van der Waals surface area contributed by atoms with E-state index in [0.717, 1.165) is 48.5 Å². The molecule has 9 heteroatoms. The number of carbonyl (C=O) groups is 1. The molecule has 0 N–H and O–H groups in total. The summed E-state index contributed by atoms with van der Waals surface area (Å²) in [6.45, 7) is 7.42. The van der Waals surface area contributed by atoms with Gasteiger partial charge in [0.2, 0.25) is 0 Å². The smallest absolute Gasteiger partial charge is 0.416 e. The number of carbonyl (C=O) groups excluding carboxylic acids is 1. The zero-order valence-corrected chi connectivity index (χ0v) is 19.4.